The van der Waals surface area contributed by atoms with Gasteiger partial charge in [0.2, 0.25) is 11.8 Å². The summed E-state index contributed by atoms with van der Waals surface area (Å²) in [6.45, 7) is 5.68. The summed E-state index contributed by atoms with van der Waals surface area (Å²) in [6, 6.07) is 7.28. The van der Waals surface area contributed by atoms with Crippen LogP contribution in [0.2, 0.25) is 0 Å². The van der Waals surface area contributed by atoms with Crippen molar-refractivity contribution in [3.05, 3.63) is 47.9 Å². The Morgan fingerprint density at radius 2 is 2.13 bits per heavy atom. The van der Waals surface area contributed by atoms with E-state index < -0.39 is 12.1 Å². The highest BCUT2D eigenvalue weighted by molar-refractivity contribution is 5.98. The molecule has 1 N–H and O–H groups in total. The van der Waals surface area contributed by atoms with Crippen molar-refractivity contribution in [3.63, 3.8) is 0 Å². The van der Waals surface area contributed by atoms with Gasteiger partial charge in [-0.05, 0) is 30.7 Å². The smallest absolute Gasteiger partial charge is 0.259 e. The van der Waals surface area contributed by atoms with Crippen molar-refractivity contribution in [2.45, 2.75) is 32.9 Å². The number of benzene rings is 1. The fourth-order valence-corrected chi connectivity index (χ4v) is 3.54. The highest BCUT2D eigenvalue weighted by atomic mass is 19.1. The fourth-order valence-electron chi connectivity index (χ4n) is 3.54. The number of hydrogen-bond donors (Lipinski definition) is 1. The molecule has 0 aliphatic carbocycles. The second-order valence-electron chi connectivity index (χ2n) is 8.11. The molecule has 2 heterocycles. The molecule has 0 radical (unpaired) electrons. The van der Waals surface area contributed by atoms with Crippen molar-refractivity contribution >= 4 is 11.8 Å². The summed E-state index contributed by atoms with van der Waals surface area (Å²) in [4.78, 5) is 32.7. The monoisotopic (exact) mass is 429 g/mol. The molecule has 1 aromatic heterocycles. The van der Waals surface area contributed by atoms with Crippen LogP contribution in [-0.4, -0.2) is 70.6 Å². The molecule has 3 rings (SSSR count). The lowest BCUT2D eigenvalue weighted by molar-refractivity contribution is -0.129. The summed E-state index contributed by atoms with van der Waals surface area (Å²) >= 11 is 0. The lowest BCUT2D eigenvalue weighted by atomic mass is 9.99. The number of pyridine rings is 1. The highest BCUT2D eigenvalue weighted by Gasteiger charge is 2.34. The van der Waals surface area contributed by atoms with Crippen molar-refractivity contribution in [3.8, 4) is 17.0 Å². The Hall–Kier alpha value is -3.00. The zero-order chi connectivity index (χ0) is 22.7. The van der Waals surface area contributed by atoms with Crippen LogP contribution in [0.3, 0.4) is 0 Å². The molecule has 31 heavy (non-hydrogen) atoms. The molecule has 0 spiro atoms. The van der Waals surface area contributed by atoms with Crippen molar-refractivity contribution in [2.24, 2.45) is 5.92 Å². The van der Waals surface area contributed by atoms with Gasteiger partial charge in [-0.25, -0.2) is 9.37 Å². The van der Waals surface area contributed by atoms with Gasteiger partial charge in [-0.1, -0.05) is 19.1 Å². The Bertz CT molecular complexity index is 968. The lowest BCUT2D eigenvalue weighted by Crippen LogP contribution is -2.50. The first-order valence-corrected chi connectivity index (χ1v) is 10.3. The third-order valence-corrected chi connectivity index (χ3v) is 5.67. The minimum Gasteiger partial charge on any atom is -0.472 e. The van der Waals surface area contributed by atoms with E-state index >= 15 is 0 Å². The molecular formula is C23H28FN3O4. The van der Waals surface area contributed by atoms with Crippen molar-refractivity contribution in [2.75, 3.05) is 26.7 Å². The van der Waals surface area contributed by atoms with E-state index in [0.717, 1.165) is 0 Å². The maximum absolute atomic E-state index is 13.7. The van der Waals surface area contributed by atoms with Crippen LogP contribution in [0.25, 0.3) is 11.1 Å². The molecule has 2 aromatic rings. The first-order chi connectivity index (χ1) is 14.7. The molecule has 0 bridgehead atoms. The maximum atomic E-state index is 13.7. The SMILES string of the molecule is CC(=O)N(C)C[C@@H]1Oc2ncc(-c3cccc(F)c3)cc2C(=O)N([C@@H](C)CO)C[C@H]1C. The van der Waals surface area contributed by atoms with E-state index in [1.165, 1.54) is 19.1 Å². The molecule has 7 nitrogen and oxygen atoms in total. The van der Waals surface area contributed by atoms with Crippen LogP contribution in [0.15, 0.2) is 36.5 Å². The second-order valence-corrected chi connectivity index (χ2v) is 8.11. The lowest BCUT2D eigenvalue weighted by Gasteiger charge is -2.37. The summed E-state index contributed by atoms with van der Waals surface area (Å²) in [5, 5.41) is 9.71. The molecule has 0 saturated heterocycles. The Kier molecular flexibility index (Phi) is 6.90. The van der Waals surface area contributed by atoms with Gasteiger partial charge in [0, 0.05) is 38.2 Å². The number of ether oxygens (including phenoxy) is 1. The summed E-state index contributed by atoms with van der Waals surface area (Å²) in [5.41, 5.74) is 1.41. The number of aliphatic hydroxyl groups is 1. The van der Waals surface area contributed by atoms with E-state index in [2.05, 4.69) is 4.98 Å². The van der Waals surface area contributed by atoms with E-state index in [-0.39, 0.29) is 41.6 Å². The molecule has 1 aliphatic heterocycles. The van der Waals surface area contributed by atoms with Crippen molar-refractivity contribution < 1.29 is 23.8 Å². The van der Waals surface area contributed by atoms with Gasteiger partial charge in [-0.15, -0.1) is 0 Å². The van der Waals surface area contributed by atoms with E-state index in [1.54, 1.807) is 48.2 Å². The molecule has 0 fully saturated rings. The van der Waals surface area contributed by atoms with Crippen molar-refractivity contribution in [1.29, 1.82) is 0 Å². The van der Waals surface area contributed by atoms with Crippen LogP contribution in [0.5, 0.6) is 5.88 Å². The fraction of sp³-hybridized carbons (Fsp3) is 0.435. The molecule has 166 valence electrons. The number of carbonyl (C=O) groups is 2. The predicted octanol–water partition coefficient (Wildman–Crippen LogP) is 2.59. The second kappa shape index (κ2) is 9.43. The van der Waals surface area contributed by atoms with Crippen LogP contribution in [0.4, 0.5) is 4.39 Å². The van der Waals surface area contributed by atoms with Gasteiger partial charge in [0.15, 0.2) is 0 Å². The van der Waals surface area contributed by atoms with Gasteiger partial charge in [-0.3, -0.25) is 9.59 Å². The maximum Gasteiger partial charge on any atom is 0.259 e. The van der Waals surface area contributed by atoms with Gasteiger partial charge in [0.05, 0.1) is 19.2 Å². The van der Waals surface area contributed by atoms with Gasteiger partial charge < -0.3 is 19.6 Å². The van der Waals surface area contributed by atoms with Crippen LogP contribution in [0.1, 0.15) is 31.1 Å². The minimum atomic E-state index is -0.412. The number of amides is 2. The van der Waals surface area contributed by atoms with Crippen LogP contribution in [-0.2, 0) is 4.79 Å². The number of hydrogen-bond acceptors (Lipinski definition) is 5. The topological polar surface area (TPSA) is 83.0 Å². The zero-order valence-electron chi connectivity index (χ0n) is 18.2. The molecule has 1 aliphatic rings. The number of fused-ring (bicyclic) bond motifs is 1. The normalized spacial score (nSPS) is 19.7. The third kappa shape index (κ3) is 5.02. The summed E-state index contributed by atoms with van der Waals surface area (Å²) < 4.78 is 19.8. The molecule has 0 saturated carbocycles. The number of nitrogens with zero attached hydrogens (tertiary/aromatic N) is 3. The molecule has 8 heteroatoms. The van der Waals surface area contributed by atoms with Crippen LogP contribution >= 0.6 is 0 Å². The number of aliphatic hydroxyl groups excluding tert-OH is 1. The molecule has 0 unspecified atom stereocenters. The molecule has 2 amide bonds. The molecule has 3 atom stereocenters. The Morgan fingerprint density at radius 1 is 1.39 bits per heavy atom. The van der Waals surface area contributed by atoms with Gasteiger partial charge in [0.1, 0.15) is 17.5 Å². The average Bonchev–Trinajstić information content (AvgIpc) is 2.75. The first-order valence-electron chi connectivity index (χ1n) is 10.3. The zero-order valence-corrected chi connectivity index (χ0v) is 18.2. The third-order valence-electron chi connectivity index (χ3n) is 5.67. The highest BCUT2D eigenvalue weighted by Crippen LogP contribution is 2.30. The number of likely N-dealkylation sites (N-methyl/N-ethyl adjacent to an activating group) is 1. The van der Waals surface area contributed by atoms with Crippen LogP contribution in [0, 0.1) is 11.7 Å². The predicted molar refractivity (Wildman–Crippen MR) is 114 cm³/mol. The Labute approximate surface area is 181 Å². The Balaban J connectivity index is 2.06. The largest absolute Gasteiger partial charge is 0.472 e. The molecular weight excluding hydrogens is 401 g/mol. The van der Waals surface area contributed by atoms with Gasteiger partial charge in [-0.2, -0.15) is 0 Å². The average molecular weight is 429 g/mol. The van der Waals surface area contributed by atoms with E-state index in [1.807, 2.05) is 6.92 Å². The molecule has 1 aromatic carbocycles. The standard InChI is InChI=1S/C23H28FN3O4/c1-14-11-27(15(2)13-28)23(30)20-9-18(17-6-5-7-19(24)8-17)10-25-22(20)31-21(14)12-26(4)16(3)29/h5-10,14-15,21,28H,11-13H2,1-4H3/t14-,15+,21+/m1/s1. The van der Waals surface area contributed by atoms with Gasteiger partial charge >= 0.3 is 0 Å². The first kappa shape index (κ1) is 22.7. The Morgan fingerprint density at radius 3 is 2.77 bits per heavy atom. The van der Waals surface area contributed by atoms with E-state index in [4.69, 9.17) is 4.74 Å². The van der Waals surface area contributed by atoms with Crippen LogP contribution < -0.4 is 4.74 Å². The summed E-state index contributed by atoms with van der Waals surface area (Å²) in [7, 11) is 1.69. The van der Waals surface area contributed by atoms with E-state index in [9.17, 15) is 19.1 Å². The quantitative estimate of drug-likeness (QED) is 0.790. The minimum absolute atomic E-state index is 0.0934. The van der Waals surface area contributed by atoms with E-state index in [0.29, 0.717) is 24.2 Å². The number of halogens is 1. The summed E-state index contributed by atoms with van der Waals surface area (Å²) in [6.07, 6.45) is 1.14. The number of rotatable bonds is 5. The number of carbonyl (C=O) groups excluding carboxylic acids is 2. The van der Waals surface area contributed by atoms with Gasteiger partial charge in [0.25, 0.3) is 5.91 Å². The number of aromatic nitrogens is 1. The summed E-state index contributed by atoms with van der Waals surface area (Å²) in [5.74, 6) is -0.744. The van der Waals surface area contributed by atoms with Crippen molar-refractivity contribution in [1.82, 2.24) is 14.8 Å².